The number of hydrogen-bond donors (Lipinski definition) is 1. The molecule has 98 valence electrons. The van der Waals surface area contributed by atoms with Crippen molar-refractivity contribution >= 4 is 11.4 Å². The summed E-state index contributed by atoms with van der Waals surface area (Å²) in [6, 6.07) is 6.97. The molecule has 1 aromatic rings. The Kier molecular flexibility index (Phi) is 3.78. The van der Waals surface area contributed by atoms with Gasteiger partial charge in [-0.15, -0.1) is 0 Å². The highest BCUT2D eigenvalue weighted by atomic mass is 16.6. The number of likely N-dealkylation sites (N-methyl/N-ethyl adjacent to an activating group) is 1. The van der Waals surface area contributed by atoms with Crippen LogP contribution in [0.5, 0.6) is 0 Å². The third-order valence-electron chi connectivity index (χ3n) is 3.33. The topological polar surface area (TPSA) is 75.6 Å². The molecule has 0 aromatic heterocycles. The summed E-state index contributed by atoms with van der Waals surface area (Å²) in [6.07, 6.45) is 0. The lowest BCUT2D eigenvalue weighted by molar-refractivity contribution is -0.384. The van der Waals surface area contributed by atoms with Crippen LogP contribution in [0.1, 0.15) is 0 Å². The van der Waals surface area contributed by atoms with E-state index in [1.54, 1.807) is 12.1 Å². The third-order valence-corrected chi connectivity index (χ3v) is 3.33. The molecule has 0 aliphatic carbocycles. The molecule has 0 saturated carbocycles. The Morgan fingerprint density at radius 2 is 2.28 bits per heavy atom. The SMILES string of the molecule is CN1CCN(c2cccc([N+](=O)[O-])c2)C(CN)C1. The third kappa shape index (κ3) is 2.60. The molecule has 0 spiro atoms. The van der Waals surface area contributed by atoms with Crippen molar-refractivity contribution in [2.24, 2.45) is 5.73 Å². The van der Waals surface area contributed by atoms with Crippen LogP contribution in [-0.4, -0.2) is 49.1 Å². The first-order valence-electron chi connectivity index (χ1n) is 6.01. The van der Waals surface area contributed by atoms with E-state index in [4.69, 9.17) is 5.73 Å². The van der Waals surface area contributed by atoms with Gasteiger partial charge in [0.05, 0.1) is 11.0 Å². The summed E-state index contributed by atoms with van der Waals surface area (Å²) in [4.78, 5) is 14.8. The Balaban J connectivity index is 2.24. The Morgan fingerprint density at radius 1 is 1.50 bits per heavy atom. The van der Waals surface area contributed by atoms with E-state index in [1.165, 1.54) is 6.07 Å². The van der Waals surface area contributed by atoms with Crippen LogP contribution in [0.15, 0.2) is 24.3 Å². The van der Waals surface area contributed by atoms with E-state index < -0.39 is 0 Å². The molecule has 1 unspecified atom stereocenters. The summed E-state index contributed by atoms with van der Waals surface area (Å²) in [5.74, 6) is 0. The van der Waals surface area contributed by atoms with Crippen LogP contribution in [0.25, 0.3) is 0 Å². The predicted molar refractivity (Wildman–Crippen MR) is 70.8 cm³/mol. The molecule has 1 aromatic carbocycles. The number of anilines is 1. The molecule has 1 fully saturated rings. The van der Waals surface area contributed by atoms with Gasteiger partial charge in [-0.05, 0) is 13.1 Å². The number of non-ortho nitro benzene ring substituents is 1. The molecule has 1 aliphatic heterocycles. The number of rotatable bonds is 3. The van der Waals surface area contributed by atoms with Crippen LogP contribution in [0.2, 0.25) is 0 Å². The quantitative estimate of drug-likeness (QED) is 0.630. The predicted octanol–water partition coefficient (Wildman–Crippen LogP) is 0.674. The van der Waals surface area contributed by atoms with Crippen molar-refractivity contribution in [2.75, 3.05) is 38.1 Å². The fraction of sp³-hybridized carbons (Fsp3) is 0.500. The average Bonchev–Trinajstić information content (AvgIpc) is 2.38. The fourth-order valence-corrected chi connectivity index (χ4v) is 2.34. The second-order valence-electron chi connectivity index (χ2n) is 4.62. The van der Waals surface area contributed by atoms with Crippen LogP contribution < -0.4 is 10.6 Å². The highest BCUT2D eigenvalue weighted by molar-refractivity contribution is 5.54. The maximum absolute atomic E-state index is 10.8. The molecular weight excluding hydrogens is 232 g/mol. The lowest BCUT2D eigenvalue weighted by Gasteiger charge is -2.41. The first-order chi connectivity index (χ1) is 8.61. The van der Waals surface area contributed by atoms with E-state index in [1.807, 2.05) is 6.07 Å². The molecule has 6 heteroatoms. The minimum Gasteiger partial charge on any atom is -0.364 e. The number of benzene rings is 1. The zero-order chi connectivity index (χ0) is 13.1. The lowest BCUT2D eigenvalue weighted by atomic mass is 10.1. The number of hydrogen-bond acceptors (Lipinski definition) is 5. The van der Waals surface area contributed by atoms with Crippen molar-refractivity contribution in [3.8, 4) is 0 Å². The molecule has 0 radical (unpaired) electrons. The van der Waals surface area contributed by atoms with Gasteiger partial charge in [-0.2, -0.15) is 0 Å². The number of nitrogens with zero attached hydrogens (tertiary/aromatic N) is 3. The van der Waals surface area contributed by atoms with Gasteiger partial charge in [-0.25, -0.2) is 0 Å². The van der Waals surface area contributed by atoms with Crippen LogP contribution >= 0.6 is 0 Å². The van der Waals surface area contributed by atoms with Gasteiger partial charge >= 0.3 is 0 Å². The maximum Gasteiger partial charge on any atom is 0.271 e. The van der Waals surface area contributed by atoms with Crippen LogP contribution in [0.3, 0.4) is 0 Å². The zero-order valence-corrected chi connectivity index (χ0v) is 10.5. The summed E-state index contributed by atoms with van der Waals surface area (Å²) < 4.78 is 0. The van der Waals surface area contributed by atoms with Gasteiger partial charge in [0, 0.05) is 44.0 Å². The Hall–Kier alpha value is -1.66. The van der Waals surface area contributed by atoms with Gasteiger partial charge in [0.2, 0.25) is 0 Å². The number of nitro benzene ring substituents is 1. The van der Waals surface area contributed by atoms with Crippen LogP contribution in [0, 0.1) is 10.1 Å². The minimum atomic E-state index is -0.364. The Bertz CT molecular complexity index is 438. The lowest BCUT2D eigenvalue weighted by Crippen LogP contribution is -2.55. The molecule has 2 N–H and O–H groups in total. The molecule has 0 amide bonds. The standard InChI is InChI=1S/C12H18N4O2/c1-14-5-6-15(12(8-13)9-14)10-3-2-4-11(7-10)16(17)18/h2-4,7,12H,5-6,8-9,13H2,1H3. The number of piperazine rings is 1. The van der Waals surface area contributed by atoms with Gasteiger partial charge < -0.3 is 15.5 Å². The first-order valence-corrected chi connectivity index (χ1v) is 6.01. The second kappa shape index (κ2) is 5.32. The highest BCUT2D eigenvalue weighted by Gasteiger charge is 2.25. The largest absolute Gasteiger partial charge is 0.364 e. The molecule has 1 atom stereocenters. The van der Waals surface area contributed by atoms with E-state index in [0.29, 0.717) is 6.54 Å². The molecule has 1 saturated heterocycles. The van der Waals surface area contributed by atoms with Gasteiger partial charge in [-0.1, -0.05) is 6.07 Å². The van der Waals surface area contributed by atoms with E-state index >= 15 is 0 Å². The molecule has 1 heterocycles. The normalized spacial score (nSPS) is 21.0. The number of nitro groups is 1. The fourth-order valence-electron chi connectivity index (χ4n) is 2.34. The molecule has 6 nitrogen and oxygen atoms in total. The van der Waals surface area contributed by atoms with E-state index in [0.717, 1.165) is 25.3 Å². The number of nitrogens with two attached hydrogens (primary N) is 1. The summed E-state index contributed by atoms with van der Waals surface area (Å²) in [7, 11) is 2.06. The minimum absolute atomic E-state index is 0.127. The van der Waals surface area contributed by atoms with E-state index in [-0.39, 0.29) is 16.7 Å². The van der Waals surface area contributed by atoms with Crippen molar-refractivity contribution in [3.05, 3.63) is 34.4 Å². The highest BCUT2D eigenvalue weighted by Crippen LogP contribution is 2.24. The summed E-state index contributed by atoms with van der Waals surface area (Å²) in [5.41, 5.74) is 6.80. The average molecular weight is 250 g/mol. The van der Waals surface area contributed by atoms with Crippen LogP contribution in [0.4, 0.5) is 11.4 Å². The Morgan fingerprint density at radius 3 is 2.94 bits per heavy atom. The van der Waals surface area contributed by atoms with E-state index in [9.17, 15) is 10.1 Å². The van der Waals surface area contributed by atoms with Crippen molar-refractivity contribution < 1.29 is 4.92 Å². The smallest absolute Gasteiger partial charge is 0.271 e. The van der Waals surface area contributed by atoms with Gasteiger partial charge in [0.15, 0.2) is 0 Å². The Labute approximate surface area is 106 Å². The van der Waals surface area contributed by atoms with Crippen molar-refractivity contribution in [1.29, 1.82) is 0 Å². The van der Waals surface area contributed by atoms with Gasteiger partial charge in [0.25, 0.3) is 5.69 Å². The van der Waals surface area contributed by atoms with E-state index in [2.05, 4.69) is 16.8 Å². The van der Waals surface area contributed by atoms with Gasteiger partial charge in [0.1, 0.15) is 0 Å². The van der Waals surface area contributed by atoms with Gasteiger partial charge in [-0.3, -0.25) is 10.1 Å². The molecule has 1 aliphatic rings. The van der Waals surface area contributed by atoms with Crippen molar-refractivity contribution in [3.63, 3.8) is 0 Å². The summed E-state index contributed by atoms with van der Waals surface area (Å²) in [6.45, 7) is 3.23. The summed E-state index contributed by atoms with van der Waals surface area (Å²) in [5, 5.41) is 10.8. The molecule has 2 rings (SSSR count). The van der Waals surface area contributed by atoms with Crippen molar-refractivity contribution in [1.82, 2.24) is 4.90 Å². The van der Waals surface area contributed by atoms with Crippen LogP contribution in [-0.2, 0) is 0 Å². The molecule has 18 heavy (non-hydrogen) atoms. The summed E-state index contributed by atoms with van der Waals surface area (Å²) >= 11 is 0. The first kappa shape index (κ1) is 12.8. The second-order valence-corrected chi connectivity index (χ2v) is 4.62. The maximum atomic E-state index is 10.8. The van der Waals surface area contributed by atoms with Crippen molar-refractivity contribution in [2.45, 2.75) is 6.04 Å². The molecular formula is C12H18N4O2. The zero-order valence-electron chi connectivity index (χ0n) is 10.5. The monoisotopic (exact) mass is 250 g/mol. The molecule has 0 bridgehead atoms.